The summed E-state index contributed by atoms with van der Waals surface area (Å²) in [5.74, 6) is 0.503. The van der Waals surface area contributed by atoms with Crippen molar-refractivity contribution in [2.45, 2.75) is 39.5 Å². The van der Waals surface area contributed by atoms with Crippen molar-refractivity contribution in [2.75, 3.05) is 6.54 Å². The van der Waals surface area contributed by atoms with Gasteiger partial charge in [-0.2, -0.15) is 5.26 Å². The number of pyridine rings is 1. The maximum absolute atomic E-state index is 13.3. The number of benzene rings is 2. The minimum absolute atomic E-state index is 0.205. The lowest BCUT2D eigenvalue weighted by molar-refractivity contribution is 0.624. The molecule has 0 amide bonds. The second kappa shape index (κ2) is 12.0. The summed E-state index contributed by atoms with van der Waals surface area (Å²) in [5.41, 5.74) is 7.38. The third-order valence-corrected chi connectivity index (χ3v) is 6.05. The average Bonchev–Trinajstić information content (AvgIpc) is 3.21. The van der Waals surface area contributed by atoms with E-state index in [2.05, 4.69) is 31.5 Å². The van der Waals surface area contributed by atoms with Crippen molar-refractivity contribution < 1.29 is 4.39 Å². The van der Waals surface area contributed by atoms with Gasteiger partial charge in [0, 0.05) is 23.5 Å². The molecule has 1 aliphatic heterocycles. The number of nitrogens with zero attached hydrogens (tertiary/aromatic N) is 2. The van der Waals surface area contributed by atoms with Crippen LogP contribution in [0.1, 0.15) is 49.1 Å². The molecule has 1 aliphatic rings. The lowest BCUT2D eigenvalue weighted by atomic mass is 9.98. The maximum atomic E-state index is 13.3. The van der Waals surface area contributed by atoms with Crippen LogP contribution in [0.25, 0.3) is 16.8 Å². The normalized spacial score (nSPS) is 14.5. The van der Waals surface area contributed by atoms with Crippen LogP contribution in [-0.2, 0) is 12.8 Å². The molecule has 0 saturated carbocycles. The van der Waals surface area contributed by atoms with Crippen LogP contribution in [0.4, 0.5) is 4.39 Å². The van der Waals surface area contributed by atoms with E-state index in [1.807, 2.05) is 43.3 Å². The number of aryl methyl sites for hydroxylation is 2. The van der Waals surface area contributed by atoms with Crippen LogP contribution in [0.3, 0.4) is 0 Å². The van der Waals surface area contributed by atoms with Crippen molar-refractivity contribution in [1.82, 2.24) is 10.3 Å². The minimum atomic E-state index is -0.205. The number of allylic oxidation sites excluding steroid dienone is 2. The Morgan fingerprint density at radius 1 is 1.15 bits per heavy atom. The Balaban J connectivity index is 0.000000396. The van der Waals surface area contributed by atoms with Gasteiger partial charge < -0.3 is 5.32 Å². The highest BCUT2D eigenvalue weighted by molar-refractivity contribution is 5.70. The molecule has 34 heavy (non-hydrogen) atoms. The van der Waals surface area contributed by atoms with Crippen LogP contribution in [0.15, 0.2) is 79.5 Å². The summed E-state index contributed by atoms with van der Waals surface area (Å²) in [6, 6.07) is 20.4. The van der Waals surface area contributed by atoms with Gasteiger partial charge in [-0.25, -0.2) is 4.39 Å². The fourth-order valence-electron chi connectivity index (χ4n) is 3.98. The first-order valence-electron chi connectivity index (χ1n) is 11.7. The second-order valence-electron chi connectivity index (χ2n) is 8.75. The van der Waals surface area contributed by atoms with Gasteiger partial charge in [-0.15, -0.1) is 0 Å². The Hall–Kier alpha value is -3.71. The monoisotopic (exact) mass is 453 g/mol. The molecule has 4 rings (SSSR count). The Labute approximate surface area is 202 Å². The van der Waals surface area contributed by atoms with E-state index in [1.54, 1.807) is 18.2 Å². The number of aromatic nitrogens is 1. The quantitative estimate of drug-likeness (QED) is 0.433. The molecule has 1 atom stereocenters. The van der Waals surface area contributed by atoms with E-state index in [4.69, 9.17) is 4.98 Å². The third-order valence-electron chi connectivity index (χ3n) is 6.05. The van der Waals surface area contributed by atoms with Gasteiger partial charge in [0.15, 0.2) is 0 Å². The number of nitriles is 1. The van der Waals surface area contributed by atoms with Crippen LogP contribution in [0, 0.1) is 23.1 Å². The molecule has 0 spiro atoms. The molecule has 1 aromatic heterocycles. The second-order valence-corrected chi connectivity index (χ2v) is 8.75. The maximum Gasteiger partial charge on any atom is 0.123 e. The van der Waals surface area contributed by atoms with Gasteiger partial charge in [-0.3, -0.25) is 4.98 Å². The molecule has 174 valence electrons. The molecule has 1 fully saturated rings. The lowest BCUT2D eigenvalue weighted by Gasteiger charge is -2.12. The summed E-state index contributed by atoms with van der Waals surface area (Å²) in [7, 11) is 0. The average molecular weight is 454 g/mol. The van der Waals surface area contributed by atoms with Gasteiger partial charge in [-0.05, 0) is 79.5 Å². The van der Waals surface area contributed by atoms with Crippen molar-refractivity contribution >= 4 is 5.57 Å². The largest absolute Gasteiger partial charge is 0.389 e. The zero-order valence-corrected chi connectivity index (χ0v) is 20.1. The Morgan fingerprint density at radius 2 is 1.94 bits per heavy atom. The third kappa shape index (κ3) is 6.65. The highest BCUT2D eigenvalue weighted by Gasteiger charge is 2.12. The smallest absolute Gasteiger partial charge is 0.123 e. The van der Waals surface area contributed by atoms with Crippen molar-refractivity contribution in [2.24, 2.45) is 5.92 Å². The fraction of sp³-hybridized carbons (Fsp3) is 0.267. The highest BCUT2D eigenvalue weighted by Crippen LogP contribution is 2.26. The van der Waals surface area contributed by atoms with Crippen molar-refractivity contribution in [3.8, 4) is 17.3 Å². The van der Waals surface area contributed by atoms with Crippen LogP contribution < -0.4 is 5.32 Å². The van der Waals surface area contributed by atoms with E-state index in [-0.39, 0.29) is 5.82 Å². The summed E-state index contributed by atoms with van der Waals surface area (Å²) in [4.78, 5) is 4.84. The summed E-state index contributed by atoms with van der Waals surface area (Å²) in [6.45, 7) is 13.2. The predicted octanol–water partition coefficient (Wildman–Crippen LogP) is 7.10. The van der Waals surface area contributed by atoms with Gasteiger partial charge >= 0.3 is 0 Å². The Kier molecular flexibility index (Phi) is 8.76. The van der Waals surface area contributed by atoms with E-state index < -0.39 is 0 Å². The molecule has 4 heteroatoms. The Bertz CT molecular complexity index is 1210. The highest BCUT2D eigenvalue weighted by atomic mass is 19.1. The molecule has 2 aromatic carbocycles. The molecule has 1 N–H and O–H groups in total. The molecule has 3 nitrogen and oxygen atoms in total. The van der Waals surface area contributed by atoms with Crippen molar-refractivity contribution in [3.63, 3.8) is 0 Å². The predicted molar refractivity (Wildman–Crippen MR) is 138 cm³/mol. The molecule has 1 saturated heterocycles. The van der Waals surface area contributed by atoms with Gasteiger partial charge in [0.25, 0.3) is 0 Å². The Morgan fingerprint density at radius 3 is 2.56 bits per heavy atom. The number of rotatable bonds is 6. The van der Waals surface area contributed by atoms with E-state index in [1.165, 1.54) is 18.2 Å². The van der Waals surface area contributed by atoms with Gasteiger partial charge in [0.1, 0.15) is 5.82 Å². The SMILES string of the molecule is C=C(C)c1ccc(-c2ccccc2C#N)nc1CCCc1cccc(F)c1.C=C1NCCC1C. The fourth-order valence-corrected chi connectivity index (χ4v) is 3.98. The molecular weight excluding hydrogens is 421 g/mol. The molecule has 0 bridgehead atoms. The summed E-state index contributed by atoms with van der Waals surface area (Å²) < 4.78 is 13.3. The van der Waals surface area contributed by atoms with Gasteiger partial charge in [-0.1, -0.05) is 56.5 Å². The molecule has 1 unspecified atom stereocenters. The van der Waals surface area contributed by atoms with Gasteiger partial charge in [0.05, 0.1) is 17.3 Å². The lowest BCUT2D eigenvalue weighted by Crippen LogP contribution is -2.03. The molecular formula is C30H32FN3. The summed E-state index contributed by atoms with van der Waals surface area (Å²) in [6.07, 6.45) is 3.67. The topological polar surface area (TPSA) is 48.7 Å². The summed E-state index contributed by atoms with van der Waals surface area (Å²) >= 11 is 0. The first kappa shape index (κ1) is 24.9. The molecule has 2 heterocycles. The first-order chi connectivity index (χ1) is 16.4. The molecule has 0 aliphatic carbocycles. The van der Waals surface area contributed by atoms with Crippen LogP contribution in [0.2, 0.25) is 0 Å². The minimum Gasteiger partial charge on any atom is -0.389 e. The number of hydrogen-bond donors (Lipinski definition) is 1. The standard InChI is InChI=1S/C24H21FN2.C6H11N/c1-17(2)21-13-14-24(22-11-4-3-9-19(22)16-26)27-23(21)12-6-8-18-7-5-10-20(25)15-18;1-5-3-4-7-6(5)2/h3-5,7,9-11,13-15H,1,6,8,12H2,2H3;5,7H,2-4H2,1H3. The van der Waals surface area contributed by atoms with Gasteiger partial charge in [0.2, 0.25) is 0 Å². The van der Waals surface area contributed by atoms with Crippen molar-refractivity contribution in [1.29, 1.82) is 5.26 Å². The van der Waals surface area contributed by atoms with E-state index >= 15 is 0 Å². The zero-order valence-electron chi connectivity index (χ0n) is 20.1. The van der Waals surface area contributed by atoms with Crippen LogP contribution >= 0.6 is 0 Å². The number of hydrogen-bond acceptors (Lipinski definition) is 3. The first-order valence-corrected chi connectivity index (χ1v) is 11.7. The van der Waals surface area contributed by atoms with Crippen LogP contribution in [-0.4, -0.2) is 11.5 Å². The van der Waals surface area contributed by atoms with E-state index in [9.17, 15) is 9.65 Å². The van der Waals surface area contributed by atoms with E-state index in [0.29, 0.717) is 11.5 Å². The summed E-state index contributed by atoms with van der Waals surface area (Å²) in [5, 5.41) is 12.5. The molecule has 0 radical (unpaired) electrons. The number of halogens is 1. The van der Waals surface area contributed by atoms with Crippen LogP contribution in [0.5, 0.6) is 0 Å². The number of nitrogens with one attached hydrogen (secondary N) is 1. The molecule has 3 aromatic rings. The van der Waals surface area contributed by atoms with Crippen molar-refractivity contribution in [3.05, 3.63) is 108 Å². The van der Waals surface area contributed by atoms with E-state index in [0.717, 1.165) is 59.5 Å². The zero-order chi connectivity index (χ0) is 24.5.